The van der Waals surface area contributed by atoms with E-state index in [9.17, 15) is 4.79 Å². The van der Waals surface area contributed by atoms with Gasteiger partial charge in [-0.3, -0.25) is 14.4 Å². The van der Waals surface area contributed by atoms with Crippen molar-refractivity contribution in [3.63, 3.8) is 0 Å². The highest BCUT2D eigenvalue weighted by atomic mass is 35.5. The first kappa shape index (κ1) is 17.0. The second-order valence-electron chi connectivity index (χ2n) is 5.08. The lowest BCUT2D eigenvalue weighted by atomic mass is 10.2. The van der Waals surface area contributed by atoms with Gasteiger partial charge < -0.3 is 5.11 Å². The molecule has 0 amide bonds. The van der Waals surface area contributed by atoms with Gasteiger partial charge in [0.05, 0.1) is 22.8 Å². The highest BCUT2D eigenvalue weighted by molar-refractivity contribution is 6.31. The van der Waals surface area contributed by atoms with Crippen LogP contribution in [0.4, 0.5) is 0 Å². The molecule has 0 saturated carbocycles. The maximum Gasteiger partial charge on any atom is 0.304 e. The van der Waals surface area contributed by atoms with E-state index in [4.69, 9.17) is 16.7 Å². The monoisotopic (exact) mass is 301 g/mol. The molecule has 0 aliphatic rings. The standard InChI is InChI=1S/C14H24ClN3O2/c1-5-11-14(15)12(18(6-2)16-11)9-17(10(3)4)8-7-13(19)20/h10H,5-9H2,1-4H3,(H,19,20). The van der Waals surface area contributed by atoms with Crippen molar-refractivity contribution in [3.8, 4) is 0 Å². The highest BCUT2D eigenvalue weighted by Gasteiger charge is 2.19. The predicted octanol–water partition coefficient (Wildman–Crippen LogP) is 2.80. The Morgan fingerprint density at radius 3 is 2.55 bits per heavy atom. The Bertz CT molecular complexity index is 458. The molecule has 0 spiro atoms. The molecule has 0 radical (unpaired) electrons. The summed E-state index contributed by atoms with van der Waals surface area (Å²) in [5, 5.41) is 14.1. The first-order chi connectivity index (χ1) is 9.40. The molecule has 1 heterocycles. The molecule has 1 rings (SSSR count). The van der Waals surface area contributed by atoms with Crippen molar-refractivity contribution in [3.05, 3.63) is 16.4 Å². The van der Waals surface area contributed by atoms with Crippen LogP contribution in [0, 0.1) is 0 Å². The van der Waals surface area contributed by atoms with Gasteiger partial charge in [0.1, 0.15) is 0 Å². The summed E-state index contributed by atoms with van der Waals surface area (Å²) < 4.78 is 1.91. The minimum atomic E-state index is -0.778. The van der Waals surface area contributed by atoms with Gasteiger partial charge in [0.15, 0.2) is 0 Å². The summed E-state index contributed by atoms with van der Waals surface area (Å²) in [4.78, 5) is 12.9. The molecule has 0 atom stereocenters. The molecule has 0 unspecified atom stereocenters. The van der Waals surface area contributed by atoms with E-state index in [1.807, 2.05) is 18.5 Å². The smallest absolute Gasteiger partial charge is 0.304 e. The third-order valence-electron chi connectivity index (χ3n) is 3.39. The first-order valence-electron chi connectivity index (χ1n) is 7.10. The van der Waals surface area contributed by atoms with Gasteiger partial charge in [-0.15, -0.1) is 0 Å². The maximum absolute atomic E-state index is 10.7. The second kappa shape index (κ2) is 7.64. The van der Waals surface area contributed by atoms with Crippen molar-refractivity contribution in [1.29, 1.82) is 0 Å². The van der Waals surface area contributed by atoms with Crippen LogP contribution in [0.3, 0.4) is 0 Å². The normalized spacial score (nSPS) is 11.6. The van der Waals surface area contributed by atoms with Gasteiger partial charge in [-0.25, -0.2) is 0 Å². The van der Waals surface area contributed by atoms with Gasteiger partial charge in [0.2, 0.25) is 0 Å². The topological polar surface area (TPSA) is 58.4 Å². The molecule has 1 aromatic heterocycles. The van der Waals surface area contributed by atoms with E-state index in [2.05, 4.69) is 23.8 Å². The molecule has 6 heteroatoms. The fourth-order valence-corrected chi connectivity index (χ4v) is 2.45. The lowest BCUT2D eigenvalue weighted by Crippen LogP contribution is -2.33. The molecule has 1 aromatic rings. The van der Waals surface area contributed by atoms with Crippen molar-refractivity contribution in [2.45, 2.75) is 59.7 Å². The second-order valence-corrected chi connectivity index (χ2v) is 5.46. The molecule has 1 N–H and O–H groups in total. The summed E-state index contributed by atoms with van der Waals surface area (Å²) in [5.74, 6) is -0.778. The molecule has 0 aliphatic heterocycles. The molecular weight excluding hydrogens is 278 g/mol. The molecule has 0 bridgehead atoms. The quantitative estimate of drug-likeness (QED) is 0.802. The van der Waals surface area contributed by atoms with E-state index in [0.717, 1.165) is 29.4 Å². The van der Waals surface area contributed by atoms with Crippen molar-refractivity contribution in [1.82, 2.24) is 14.7 Å². The third-order valence-corrected chi connectivity index (χ3v) is 3.83. The van der Waals surface area contributed by atoms with Crippen LogP contribution < -0.4 is 0 Å². The number of carboxylic acids is 1. The molecule has 0 saturated heterocycles. The Kier molecular flexibility index (Phi) is 6.49. The Labute approximate surface area is 125 Å². The largest absolute Gasteiger partial charge is 0.481 e. The number of carboxylic acid groups (broad SMARTS) is 1. The first-order valence-corrected chi connectivity index (χ1v) is 7.48. The Hall–Kier alpha value is -1.07. The summed E-state index contributed by atoms with van der Waals surface area (Å²) in [7, 11) is 0. The van der Waals surface area contributed by atoms with Crippen LogP contribution in [0.5, 0.6) is 0 Å². The highest BCUT2D eigenvalue weighted by Crippen LogP contribution is 2.23. The van der Waals surface area contributed by atoms with Gasteiger partial charge in [0.25, 0.3) is 0 Å². The summed E-state index contributed by atoms with van der Waals surface area (Å²) in [5.41, 5.74) is 1.88. The zero-order valence-electron chi connectivity index (χ0n) is 12.7. The molecular formula is C14H24ClN3O2. The number of rotatable bonds is 8. The van der Waals surface area contributed by atoms with Crippen LogP contribution in [0.25, 0.3) is 0 Å². The Balaban J connectivity index is 2.92. The summed E-state index contributed by atoms with van der Waals surface area (Å²) in [6.07, 6.45) is 0.937. The zero-order valence-corrected chi connectivity index (χ0v) is 13.4. The molecule has 0 aliphatic carbocycles. The summed E-state index contributed by atoms with van der Waals surface area (Å²) >= 11 is 6.39. The molecule has 114 valence electrons. The Morgan fingerprint density at radius 1 is 1.45 bits per heavy atom. The number of aromatic nitrogens is 2. The van der Waals surface area contributed by atoms with E-state index < -0.39 is 5.97 Å². The lowest BCUT2D eigenvalue weighted by Gasteiger charge is -2.26. The van der Waals surface area contributed by atoms with Crippen LogP contribution in [0.2, 0.25) is 5.02 Å². The lowest BCUT2D eigenvalue weighted by molar-refractivity contribution is -0.137. The molecule has 20 heavy (non-hydrogen) atoms. The summed E-state index contributed by atoms with van der Waals surface area (Å²) in [6.45, 7) is 10.1. The number of nitrogens with zero attached hydrogens (tertiary/aromatic N) is 3. The number of halogens is 1. The van der Waals surface area contributed by atoms with E-state index in [-0.39, 0.29) is 12.5 Å². The van der Waals surface area contributed by atoms with E-state index in [0.29, 0.717) is 13.1 Å². The number of aryl methyl sites for hydroxylation is 2. The van der Waals surface area contributed by atoms with E-state index >= 15 is 0 Å². The van der Waals surface area contributed by atoms with Gasteiger partial charge in [-0.1, -0.05) is 18.5 Å². The predicted molar refractivity (Wildman–Crippen MR) is 80.1 cm³/mol. The van der Waals surface area contributed by atoms with E-state index in [1.54, 1.807) is 0 Å². The average molecular weight is 302 g/mol. The van der Waals surface area contributed by atoms with Crippen molar-refractivity contribution in [2.24, 2.45) is 0 Å². The molecule has 0 aromatic carbocycles. The van der Waals surface area contributed by atoms with Crippen LogP contribution in [0.15, 0.2) is 0 Å². The number of carbonyl (C=O) groups is 1. The average Bonchev–Trinajstić information content (AvgIpc) is 2.70. The van der Waals surface area contributed by atoms with E-state index in [1.165, 1.54) is 0 Å². The zero-order chi connectivity index (χ0) is 15.3. The number of aliphatic carboxylic acids is 1. The van der Waals surface area contributed by atoms with Gasteiger partial charge in [-0.05, 0) is 27.2 Å². The fourth-order valence-electron chi connectivity index (χ4n) is 2.12. The minimum Gasteiger partial charge on any atom is -0.481 e. The van der Waals surface area contributed by atoms with Crippen molar-refractivity contribution >= 4 is 17.6 Å². The number of hydrogen-bond acceptors (Lipinski definition) is 3. The van der Waals surface area contributed by atoms with Gasteiger partial charge in [-0.2, -0.15) is 5.10 Å². The number of hydrogen-bond donors (Lipinski definition) is 1. The third kappa shape index (κ3) is 4.21. The van der Waals surface area contributed by atoms with Crippen LogP contribution in [-0.2, 0) is 24.3 Å². The minimum absolute atomic E-state index is 0.136. The molecule has 0 fully saturated rings. The Morgan fingerprint density at radius 2 is 2.10 bits per heavy atom. The molecule has 5 nitrogen and oxygen atoms in total. The fraction of sp³-hybridized carbons (Fsp3) is 0.714. The van der Waals surface area contributed by atoms with Crippen LogP contribution >= 0.6 is 11.6 Å². The van der Waals surface area contributed by atoms with Gasteiger partial charge in [0, 0.05) is 25.7 Å². The maximum atomic E-state index is 10.7. The van der Waals surface area contributed by atoms with Gasteiger partial charge >= 0.3 is 5.97 Å². The van der Waals surface area contributed by atoms with Crippen LogP contribution in [0.1, 0.15) is 45.5 Å². The van der Waals surface area contributed by atoms with Crippen molar-refractivity contribution < 1.29 is 9.90 Å². The summed E-state index contributed by atoms with van der Waals surface area (Å²) in [6, 6.07) is 0.260. The van der Waals surface area contributed by atoms with Crippen LogP contribution in [-0.4, -0.2) is 38.3 Å². The van der Waals surface area contributed by atoms with Crippen molar-refractivity contribution in [2.75, 3.05) is 6.54 Å². The SMILES string of the molecule is CCc1nn(CC)c(CN(CCC(=O)O)C(C)C)c1Cl.